The van der Waals surface area contributed by atoms with Gasteiger partial charge in [0, 0.05) is 0 Å². The number of carbonyl (C=O) groups excluding carboxylic acids is 1. The topological polar surface area (TPSA) is 43.4 Å². The number of ketones is 1. The summed E-state index contributed by atoms with van der Waals surface area (Å²) in [4.78, 5) is 13.4. The summed E-state index contributed by atoms with van der Waals surface area (Å²) in [5.74, 6) is 1.62. The van der Waals surface area contributed by atoms with Crippen LogP contribution in [-0.2, 0) is 15.6 Å². The van der Waals surface area contributed by atoms with Gasteiger partial charge in [0.05, 0.1) is 23.4 Å². The molecular formula is C19H26O3. The lowest BCUT2D eigenvalue weighted by atomic mass is 9.66. The average molecular weight is 302 g/mol. The Balaban J connectivity index is 2.50. The highest BCUT2D eigenvalue weighted by Gasteiger charge is 2.48. The normalized spacial score (nSPS) is 17.0. The van der Waals surface area contributed by atoms with Gasteiger partial charge in [-0.1, -0.05) is 13.8 Å². The molecule has 0 aliphatic heterocycles. The number of furan rings is 2. The molecule has 2 heterocycles. The molecular weight excluding hydrogens is 276 g/mol. The van der Waals surface area contributed by atoms with Crippen LogP contribution >= 0.6 is 0 Å². The lowest BCUT2D eigenvalue weighted by Gasteiger charge is -2.34. The first kappa shape index (κ1) is 16.6. The molecule has 2 aromatic heterocycles. The molecule has 0 aromatic carbocycles. The number of hydrogen-bond donors (Lipinski definition) is 0. The van der Waals surface area contributed by atoms with Crippen LogP contribution in [0.15, 0.2) is 33.5 Å². The monoisotopic (exact) mass is 302 g/mol. The van der Waals surface area contributed by atoms with Crippen LogP contribution in [0.4, 0.5) is 0 Å². The summed E-state index contributed by atoms with van der Waals surface area (Å²) in [7, 11) is 0. The quantitative estimate of drug-likeness (QED) is 0.746. The Kier molecular flexibility index (Phi) is 4.37. The van der Waals surface area contributed by atoms with Crippen LogP contribution in [0.25, 0.3) is 0 Å². The fourth-order valence-corrected chi connectivity index (χ4v) is 2.94. The summed E-state index contributed by atoms with van der Waals surface area (Å²) in [5, 5.41) is 0. The molecule has 0 saturated heterocycles. The third-order valence-corrected chi connectivity index (χ3v) is 4.97. The maximum atomic E-state index is 13.4. The minimum Gasteiger partial charge on any atom is -0.468 e. The van der Waals surface area contributed by atoms with E-state index in [0.29, 0.717) is 12.8 Å². The zero-order chi connectivity index (χ0) is 16.5. The van der Waals surface area contributed by atoms with Gasteiger partial charge < -0.3 is 8.83 Å². The molecule has 0 N–H and O–H groups in total. The largest absolute Gasteiger partial charge is 0.468 e. The maximum absolute atomic E-state index is 13.4. The fraction of sp³-hybridized carbons (Fsp3) is 0.526. The molecule has 22 heavy (non-hydrogen) atoms. The molecule has 0 bridgehead atoms. The van der Waals surface area contributed by atoms with E-state index in [0.717, 1.165) is 22.6 Å². The third-order valence-electron chi connectivity index (χ3n) is 4.97. The average Bonchev–Trinajstić information content (AvgIpc) is 3.14. The van der Waals surface area contributed by atoms with Crippen molar-refractivity contribution in [2.75, 3.05) is 0 Å². The van der Waals surface area contributed by atoms with E-state index in [2.05, 4.69) is 0 Å². The van der Waals surface area contributed by atoms with E-state index in [1.165, 1.54) is 0 Å². The van der Waals surface area contributed by atoms with E-state index >= 15 is 0 Å². The van der Waals surface area contributed by atoms with Crippen molar-refractivity contribution >= 4 is 5.78 Å². The second-order valence-corrected chi connectivity index (χ2v) is 6.68. The van der Waals surface area contributed by atoms with Crippen LogP contribution in [-0.4, -0.2) is 5.78 Å². The van der Waals surface area contributed by atoms with Crippen molar-refractivity contribution in [3.05, 3.63) is 47.3 Å². The van der Waals surface area contributed by atoms with Crippen LogP contribution in [0.5, 0.6) is 0 Å². The van der Waals surface area contributed by atoms with E-state index in [1.54, 1.807) is 12.5 Å². The minimum atomic E-state index is -0.653. The van der Waals surface area contributed by atoms with Gasteiger partial charge in [-0.25, -0.2) is 0 Å². The first-order chi connectivity index (χ1) is 10.3. The van der Waals surface area contributed by atoms with E-state index < -0.39 is 10.8 Å². The maximum Gasteiger partial charge on any atom is 0.159 e. The molecule has 2 unspecified atom stereocenters. The van der Waals surface area contributed by atoms with Crippen LogP contribution in [0.2, 0.25) is 0 Å². The van der Waals surface area contributed by atoms with Crippen molar-refractivity contribution in [3.8, 4) is 0 Å². The molecule has 120 valence electrons. The van der Waals surface area contributed by atoms with Crippen molar-refractivity contribution in [1.82, 2.24) is 0 Å². The molecule has 0 aliphatic carbocycles. The Hall–Kier alpha value is -1.77. The second kappa shape index (κ2) is 5.79. The zero-order valence-electron chi connectivity index (χ0n) is 14.4. The van der Waals surface area contributed by atoms with Crippen LogP contribution in [0.1, 0.15) is 63.2 Å². The predicted molar refractivity (Wildman–Crippen MR) is 87.2 cm³/mol. The summed E-state index contributed by atoms with van der Waals surface area (Å²) < 4.78 is 11.3. The van der Waals surface area contributed by atoms with Crippen molar-refractivity contribution in [2.24, 2.45) is 0 Å². The highest BCUT2D eigenvalue weighted by molar-refractivity contribution is 5.97. The first-order valence-electron chi connectivity index (χ1n) is 7.94. The fourth-order valence-electron chi connectivity index (χ4n) is 2.94. The van der Waals surface area contributed by atoms with Crippen LogP contribution < -0.4 is 0 Å². The Labute approximate surface area is 132 Å². The molecule has 3 heteroatoms. The molecule has 2 rings (SSSR count). The van der Waals surface area contributed by atoms with E-state index in [4.69, 9.17) is 8.83 Å². The molecule has 0 amide bonds. The predicted octanol–water partition coefficient (Wildman–Crippen LogP) is 5.09. The Morgan fingerprint density at radius 2 is 1.27 bits per heavy atom. The van der Waals surface area contributed by atoms with Crippen LogP contribution in [0, 0.1) is 13.8 Å². The van der Waals surface area contributed by atoms with Crippen molar-refractivity contribution in [3.63, 3.8) is 0 Å². The molecule has 0 radical (unpaired) electrons. The summed E-state index contributed by atoms with van der Waals surface area (Å²) in [6.07, 6.45) is 4.79. The molecule has 0 saturated carbocycles. The molecule has 0 spiro atoms. The van der Waals surface area contributed by atoms with Gasteiger partial charge >= 0.3 is 0 Å². The lowest BCUT2D eigenvalue weighted by molar-refractivity contribution is -0.130. The minimum absolute atomic E-state index is 0.147. The van der Waals surface area contributed by atoms with Gasteiger partial charge in [-0.05, 0) is 63.8 Å². The standard InChI is InChI=1S/C19H26O3/c1-7-18(5,15-9-13(3)11-21-15)17(20)19(6,8-2)16-10-14(4)12-22-16/h9-12H,7-8H2,1-6H3. The molecule has 2 atom stereocenters. The number of carbonyl (C=O) groups is 1. The van der Waals surface area contributed by atoms with Gasteiger partial charge in [0.1, 0.15) is 11.5 Å². The number of aryl methyl sites for hydroxylation is 2. The number of rotatable bonds is 6. The van der Waals surface area contributed by atoms with Gasteiger partial charge in [-0.15, -0.1) is 0 Å². The van der Waals surface area contributed by atoms with Crippen molar-refractivity contribution in [1.29, 1.82) is 0 Å². The van der Waals surface area contributed by atoms with E-state index in [9.17, 15) is 4.79 Å². The molecule has 2 aromatic rings. The molecule has 0 aliphatic rings. The summed E-state index contributed by atoms with van der Waals surface area (Å²) >= 11 is 0. The highest BCUT2D eigenvalue weighted by atomic mass is 16.3. The summed E-state index contributed by atoms with van der Waals surface area (Å²) in [6.45, 7) is 11.9. The third kappa shape index (κ3) is 2.53. The first-order valence-corrected chi connectivity index (χ1v) is 7.94. The summed E-state index contributed by atoms with van der Waals surface area (Å²) in [6, 6.07) is 3.93. The van der Waals surface area contributed by atoms with Crippen molar-refractivity contribution in [2.45, 2.75) is 65.2 Å². The smallest absolute Gasteiger partial charge is 0.159 e. The lowest BCUT2D eigenvalue weighted by Crippen LogP contribution is -2.45. The van der Waals surface area contributed by atoms with Gasteiger partial charge in [0.15, 0.2) is 5.78 Å². The summed E-state index contributed by atoms with van der Waals surface area (Å²) in [5.41, 5.74) is 0.767. The Morgan fingerprint density at radius 1 is 0.909 bits per heavy atom. The van der Waals surface area contributed by atoms with E-state index in [-0.39, 0.29) is 5.78 Å². The number of hydrogen-bond acceptors (Lipinski definition) is 3. The second-order valence-electron chi connectivity index (χ2n) is 6.68. The van der Waals surface area contributed by atoms with E-state index in [1.807, 2.05) is 53.7 Å². The van der Waals surface area contributed by atoms with Crippen LogP contribution in [0.3, 0.4) is 0 Å². The van der Waals surface area contributed by atoms with Crippen molar-refractivity contribution < 1.29 is 13.6 Å². The molecule has 0 fully saturated rings. The number of Topliss-reactive ketones (excluding diaryl/α,β-unsaturated/α-hetero) is 1. The van der Waals surface area contributed by atoms with Gasteiger partial charge in [0.2, 0.25) is 0 Å². The highest BCUT2D eigenvalue weighted by Crippen LogP contribution is 2.41. The Morgan fingerprint density at radius 3 is 1.50 bits per heavy atom. The Bertz CT molecular complexity index is 608. The SMILES string of the molecule is CCC(C)(C(=O)C(C)(CC)c1cc(C)co1)c1cc(C)co1. The zero-order valence-corrected chi connectivity index (χ0v) is 14.4. The van der Waals surface area contributed by atoms with Gasteiger partial charge in [-0.2, -0.15) is 0 Å². The molecule has 3 nitrogen and oxygen atoms in total. The van der Waals surface area contributed by atoms with Gasteiger partial charge in [0.25, 0.3) is 0 Å². The van der Waals surface area contributed by atoms with Gasteiger partial charge in [-0.3, -0.25) is 4.79 Å².